The first-order valence-corrected chi connectivity index (χ1v) is 6.69. The molecule has 0 saturated heterocycles. The van der Waals surface area contributed by atoms with Gasteiger partial charge >= 0.3 is 0 Å². The maximum atomic E-state index is 4.18. The van der Waals surface area contributed by atoms with E-state index < -0.39 is 0 Å². The quantitative estimate of drug-likeness (QED) is 0.572. The standard InChI is InChI=1S/C14H23NS/c1-11(2)13-5-4-12(3)14(10-13)6-7-15-8-9-16/h4-5,10-11,15-16H,6-9H2,1-3H3. The topological polar surface area (TPSA) is 12.0 Å². The molecule has 0 spiro atoms. The first kappa shape index (κ1) is 13.6. The second-order valence-corrected chi connectivity index (χ2v) is 5.01. The molecule has 0 atom stereocenters. The van der Waals surface area contributed by atoms with Crippen LogP contribution in [0.2, 0.25) is 0 Å². The van der Waals surface area contributed by atoms with Crippen molar-refractivity contribution in [2.45, 2.75) is 33.1 Å². The fraction of sp³-hybridized carbons (Fsp3) is 0.571. The summed E-state index contributed by atoms with van der Waals surface area (Å²) in [6.45, 7) is 8.72. The molecule has 1 aromatic rings. The van der Waals surface area contributed by atoms with Crippen molar-refractivity contribution in [3.63, 3.8) is 0 Å². The molecule has 1 rings (SSSR count). The van der Waals surface area contributed by atoms with Crippen molar-refractivity contribution in [2.24, 2.45) is 0 Å². The molecule has 0 heterocycles. The molecular formula is C14H23NS. The van der Waals surface area contributed by atoms with Crippen LogP contribution in [-0.2, 0) is 6.42 Å². The number of benzene rings is 1. The van der Waals surface area contributed by atoms with Crippen LogP contribution in [0.25, 0.3) is 0 Å². The van der Waals surface area contributed by atoms with E-state index in [1.54, 1.807) is 0 Å². The molecule has 0 amide bonds. The number of rotatable bonds is 6. The van der Waals surface area contributed by atoms with E-state index >= 15 is 0 Å². The Kier molecular flexibility index (Phi) is 5.93. The molecule has 1 N–H and O–H groups in total. The summed E-state index contributed by atoms with van der Waals surface area (Å²) >= 11 is 4.18. The maximum absolute atomic E-state index is 4.18. The SMILES string of the molecule is Cc1ccc(C(C)C)cc1CCNCCS. The van der Waals surface area contributed by atoms with Crippen molar-refractivity contribution in [1.82, 2.24) is 5.32 Å². The van der Waals surface area contributed by atoms with Crippen LogP contribution < -0.4 is 5.32 Å². The van der Waals surface area contributed by atoms with Crippen LogP contribution >= 0.6 is 12.6 Å². The third-order valence-electron chi connectivity index (χ3n) is 2.90. The van der Waals surface area contributed by atoms with Gasteiger partial charge in [0.15, 0.2) is 0 Å². The molecule has 90 valence electrons. The Hall–Kier alpha value is -0.470. The highest BCUT2D eigenvalue weighted by Crippen LogP contribution is 2.18. The van der Waals surface area contributed by atoms with Gasteiger partial charge in [0.05, 0.1) is 0 Å². The average molecular weight is 237 g/mol. The molecule has 0 fully saturated rings. The Morgan fingerprint density at radius 1 is 1.25 bits per heavy atom. The van der Waals surface area contributed by atoms with Gasteiger partial charge in [0.2, 0.25) is 0 Å². The van der Waals surface area contributed by atoms with Crippen molar-refractivity contribution < 1.29 is 0 Å². The minimum absolute atomic E-state index is 0.616. The van der Waals surface area contributed by atoms with E-state index in [0.29, 0.717) is 5.92 Å². The molecule has 1 aromatic carbocycles. The van der Waals surface area contributed by atoms with E-state index in [-0.39, 0.29) is 0 Å². The van der Waals surface area contributed by atoms with Gasteiger partial charge in [-0.25, -0.2) is 0 Å². The van der Waals surface area contributed by atoms with E-state index in [1.807, 2.05) is 0 Å². The summed E-state index contributed by atoms with van der Waals surface area (Å²) in [7, 11) is 0. The summed E-state index contributed by atoms with van der Waals surface area (Å²) in [6, 6.07) is 6.83. The van der Waals surface area contributed by atoms with Crippen LogP contribution in [0, 0.1) is 6.92 Å². The maximum Gasteiger partial charge on any atom is 0.00398 e. The van der Waals surface area contributed by atoms with Gasteiger partial charge in [-0.15, -0.1) is 0 Å². The number of aryl methyl sites for hydroxylation is 1. The second kappa shape index (κ2) is 6.97. The van der Waals surface area contributed by atoms with E-state index in [0.717, 1.165) is 25.3 Å². The van der Waals surface area contributed by atoms with Crippen LogP contribution in [-0.4, -0.2) is 18.8 Å². The fourth-order valence-electron chi connectivity index (χ4n) is 1.75. The molecule has 16 heavy (non-hydrogen) atoms. The summed E-state index contributed by atoms with van der Waals surface area (Å²) < 4.78 is 0. The summed E-state index contributed by atoms with van der Waals surface area (Å²) in [5, 5.41) is 3.38. The number of hydrogen-bond donors (Lipinski definition) is 2. The molecule has 0 aliphatic heterocycles. The summed E-state index contributed by atoms with van der Waals surface area (Å²) in [5.41, 5.74) is 4.31. The normalized spacial score (nSPS) is 11.1. The van der Waals surface area contributed by atoms with E-state index in [9.17, 15) is 0 Å². The minimum atomic E-state index is 0.616. The van der Waals surface area contributed by atoms with Crippen molar-refractivity contribution >= 4 is 12.6 Å². The van der Waals surface area contributed by atoms with Crippen LogP contribution in [0.3, 0.4) is 0 Å². The Morgan fingerprint density at radius 2 is 2.00 bits per heavy atom. The third kappa shape index (κ3) is 4.18. The summed E-state index contributed by atoms with van der Waals surface area (Å²) in [5.74, 6) is 1.52. The zero-order valence-electron chi connectivity index (χ0n) is 10.6. The molecule has 1 nitrogen and oxygen atoms in total. The van der Waals surface area contributed by atoms with Gasteiger partial charge in [0.25, 0.3) is 0 Å². The van der Waals surface area contributed by atoms with Crippen molar-refractivity contribution in [3.05, 3.63) is 34.9 Å². The molecule has 0 unspecified atom stereocenters. The lowest BCUT2D eigenvalue weighted by molar-refractivity contribution is 0.718. The highest BCUT2D eigenvalue weighted by atomic mass is 32.1. The van der Waals surface area contributed by atoms with Gasteiger partial charge in [0, 0.05) is 12.3 Å². The van der Waals surface area contributed by atoms with Crippen LogP contribution in [0.5, 0.6) is 0 Å². The lowest BCUT2D eigenvalue weighted by Crippen LogP contribution is -2.19. The largest absolute Gasteiger partial charge is 0.316 e. The number of hydrogen-bond acceptors (Lipinski definition) is 2. The van der Waals surface area contributed by atoms with Gasteiger partial charge in [-0.2, -0.15) is 12.6 Å². The van der Waals surface area contributed by atoms with Crippen molar-refractivity contribution in [2.75, 3.05) is 18.8 Å². The van der Waals surface area contributed by atoms with Gasteiger partial charge in [0.1, 0.15) is 0 Å². The Labute approximate surface area is 105 Å². The van der Waals surface area contributed by atoms with Gasteiger partial charge in [-0.1, -0.05) is 32.0 Å². The summed E-state index contributed by atoms with van der Waals surface area (Å²) in [6.07, 6.45) is 1.11. The Balaban J connectivity index is 2.60. The van der Waals surface area contributed by atoms with Crippen molar-refractivity contribution in [1.29, 1.82) is 0 Å². The molecule has 0 aliphatic carbocycles. The highest BCUT2D eigenvalue weighted by molar-refractivity contribution is 7.80. The Morgan fingerprint density at radius 3 is 2.62 bits per heavy atom. The number of thiol groups is 1. The molecule has 0 aromatic heterocycles. The monoisotopic (exact) mass is 237 g/mol. The van der Waals surface area contributed by atoms with Gasteiger partial charge in [-0.05, 0) is 42.5 Å². The third-order valence-corrected chi connectivity index (χ3v) is 3.12. The van der Waals surface area contributed by atoms with E-state index in [2.05, 4.69) is 56.9 Å². The molecule has 2 heteroatoms. The van der Waals surface area contributed by atoms with Crippen molar-refractivity contribution in [3.8, 4) is 0 Å². The smallest absolute Gasteiger partial charge is 0.00398 e. The molecule has 0 radical (unpaired) electrons. The Bertz CT molecular complexity index is 321. The predicted molar refractivity (Wildman–Crippen MR) is 75.7 cm³/mol. The minimum Gasteiger partial charge on any atom is -0.316 e. The predicted octanol–water partition coefficient (Wildman–Crippen LogP) is 3.18. The molecule has 0 bridgehead atoms. The van der Waals surface area contributed by atoms with Gasteiger partial charge in [-0.3, -0.25) is 0 Å². The molecular weight excluding hydrogens is 214 g/mol. The lowest BCUT2D eigenvalue weighted by Gasteiger charge is -2.11. The highest BCUT2D eigenvalue weighted by Gasteiger charge is 2.03. The van der Waals surface area contributed by atoms with Crippen LogP contribution in [0.4, 0.5) is 0 Å². The lowest BCUT2D eigenvalue weighted by atomic mass is 9.96. The second-order valence-electron chi connectivity index (χ2n) is 4.56. The first-order valence-electron chi connectivity index (χ1n) is 6.06. The number of nitrogens with one attached hydrogen (secondary N) is 1. The first-order chi connectivity index (χ1) is 7.65. The zero-order valence-corrected chi connectivity index (χ0v) is 11.5. The van der Waals surface area contributed by atoms with E-state index in [4.69, 9.17) is 0 Å². The molecule has 0 aliphatic rings. The van der Waals surface area contributed by atoms with Gasteiger partial charge < -0.3 is 5.32 Å². The molecule has 0 saturated carbocycles. The summed E-state index contributed by atoms with van der Waals surface area (Å²) in [4.78, 5) is 0. The fourth-order valence-corrected chi connectivity index (χ4v) is 1.91. The van der Waals surface area contributed by atoms with Crippen LogP contribution in [0.1, 0.15) is 36.5 Å². The van der Waals surface area contributed by atoms with E-state index in [1.165, 1.54) is 16.7 Å². The zero-order chi connectivity index (χ0) is 12.0. The average Bonchev–Trinajstić information content (AvgIpc) is 2.26. The van der Waals surface area contributed by atoms with Crippen LogP contribution in [0.15, 0.2) is 18.2 Å².